The molecule has 1 aromatic rings. The summed E-state index contributed by atoms with van der Waals surface area (Å²) in [4.78, 5) is 5.59. The minimum absolute atomic E-state index is 0.272. The van der Waals surface area contributed by atoms with Crippen molar-refractivity contribution in [2.45, 2.75) is 37.2 Å². The Morgan fingerprint density at radius 3 is 2.94 bits per heavy atom. The van der Waals surface area contributed by atoms with E-state index in [2.05, 4.69) is 24.6 Å². The van der Waals surface area contributed by atoms with Crippen LogP contribution in [0.15, 0.2) is 46.8 Å². The van der Waals surface area contributed by atoms with E-state index < -0.39 is 0 Å². The summed E-state index contributed by atoms with van der Waals surface area (Å²) in [6, 6.07) is 8.04. The highest BCUT2D eigenvalue weighted by atomic mass is 32.2. The molecule has 1 rings (SSSR count). The van der Waals surface area contributed by atoms with Crippen LogP contribution in [0, 0.1) is 0 Å². The summed E-state index contributed by atoms with van der Waals surface area (Å²) in [5, 5.41) is 9.63. The van der Waals surface area contributed by atoms with Crippen LogP contribution >= 0.6 is 11.8 Å². The first-order chi connectivity index (χ1) is 8.77. The molecule has 0 saturated carbocycles. The number of nitrogens with zero attached hydrogens (tertiary/aromatic N) is 1. The van der Waals surface area contributed by atoms with Gasteiger partial charge in [0.25, 0.3) is 0 Å². The van der Waals surface area contributed by atoms with Crippen molar-refractivity contribution in [3.63, 3.8) is 0 Å². The van der Waals surface area contributed by atoms with Gasteiger partial charge in [-0.25, -0.2) is 0 Å². The van der Waals surface area contributed by atoms with E-state index in [1.807, 2.05) is 30.5 Å². The lowest BCUT2D eigenvalue weighted by atomic mass is 10.1. The van der Waals surface area contributed by atoms with Crippen LogP contribution in [0.1, 0.15) is 26.2 Å². The molecule has 0 aromatic heterocycles. The number of benzene rings is 1. The summed E-state index contributed by atoms with van der Waals surface area (Å²) in [6.07, 6.45) is 5.88. The minimum Gasteiger partial charge on any atom is -0.393 e. The van der Waals surface area contributed by atoms with Crippen LogP contribution in [0.2, 0.25) is 0 Å². The van der Waals surface area contributed by atoms with Gasteiger partial charge in [0.2, 0.25) is 0 Å². The Hall–Kier alpha value is -1.06. The van der Waals surface area contributed by atoms with Gasteiger partial charge < -0.3 is 5.11 Å². The van der Waals surface area contributed by atoms with Crippen LogP contribution < -0.4 is 0 Å². The number of hydrogen-bond donors (Lipinski definition) is 1. The number of para-hydroxylation sites is 1. The van der Waals surface area contributed by atoms with Gasteiger partial charge in [-0.1, -0.05) is 31.6 Å². The first-order valence-electron chi connectivity index (χ1n) is 6.31. The van der Waals surface area contributed by atoms with E-state index in [-0.39, 0.29) is 6.10 Å². The van der Waals surface area contributed by atoms with Gasteiger partial charge >= 0.3 is 0 Å². The van der Waals surface area contributed by atoms with Gasteiger partial charge in [0.15, 0.2) is 0 Å². The van der Waals surface area contributed by atoms with Crippen molar-refractivity contribution in [3.05, 3.63) is 36.9 Å². The van der Waals surface area contributed by atoms with Gasteiger partial charge in [0, 0.05) is 23.3 Å². The third-order valence-electron chi connectivity index (χ3n) is 2.45. The van der Waals surface area contributed by atoms with E-state index >= 15 is 0 Å². The molecule has 0 radical (unpaired) electrons. The minimum atomic E-state index is -0.272. The predicted molar refractivity (Wildman–Crippen MR) is 81.0 cm³/mol. The second-order valence-corrected chi connectivity index (χ2v) is 5.12. The Bertz CT molecular complexity index is 390. The van der Waals surface area contributed by atoms with Gasteiger partial charge in [-0.15, -0.1) is 18.3 Å². The smallest absolute Gasteiger partial charge is 0.0761 e. The van der Waals surface area contributed by atoms with Crippen LogP contribution in [0.25, 0.3) is 0 Å². The van der Waals surface area contributed by atoms with E-state index in [0.717, 1.165) is 29.2 Å². The summed E-state index contributed by atoms with van der Waals surface area (Å²) in [6.45, 7) is 5.79. The van der Waals surface area contributed by atoms with E-state index in [4.69, 9.17) is 0 Å². The van der Waals surface area contributed by atoms with Crippen LogP contribution in [0.3, 0.4) is 0 Å². The first-order valence-corrected chi connectivity index (χ1v) is 7.29. The fourth-order valence-corrected chi connectivity index (χ4v) is 2.30. The Kier molecular flexibility index (Phi) is 7.46. The fourth-order valence-electron chi connectivity index (χ4n) is 1.56. The highest BCUT2D eigenvalue weighted by molar-refractivity contribution is 7.99. The van der Waals surface area contributed by atoms with Crippen molar-refractivity contribution < 1.29 is 5.11 Å². The van der Waals surface area contributed by atoms with Crippen molar-refractivity contribution in [1.29, 1.82) is 0 Å². The van der Waals surface area contributed by atoms with Gasteiger partial charge in [0.05, 0.1) is 11.8 Å². The molecule has 0 aliphatic carbocycles. The second-order valence-electron chi connectivity index (χ2n) is 4.06. The van der Waals surface area contributed by atoms with E-state index in [1.54, 1.807) is 11.8 Å². The maximum atomic E-state index is 9.63. The summed E-state index contributed by atoms with van der Waals surface area (Å²) in [5.74, 6) is 0.880. The van der Waals surface area contributed by atoms with Crippen molar-refractivity contribution in [2.75, 3.05) is 5.75 Å². The highest BCUT2D eigenvalue weighted by Gasteiger charge is 2.01. The molecule has 18 heavy (non-hydrogen) atoms. The molecule has 0 fully saturated rings. The van der Waals surface area contributed by atoms with Crippen molar-refractivity contribution in [1.82, 2.24) is 0 Å². The van der Waals surface area contributed by atoms with Crippen LogP contribution in [-0.2, 0) is 0 Å². The van der Waals surface area contributed by atoms with Crippen LogP contribution in [0.4, 0.5) is 5.69 Å². The van der Waals surface area contributed by atoms with Crippen molar-refractivity contribution >= 4 is 23.7 Å². The average Bonchev–Trinajstić information content (AvgIpc) is 2.38. The van der Waals surface area contributed by atoms with Crippen molar-refractivity contribution in [3.8, 4) is 0 Å². The number of hydrogen-bond acceptors (Lipinski definition) is 3. The van der Waals surface area contributed by atoms with E-state index in [9.17, 15) is 5.11 Å². The van der Waals surface area contributed by atoms with Crippen molar-refractivity contribution in [2.24, 2.45) is 4.99 Å². The zero-order valence-corrected chi connectivity index (χ0v) is 11.7. The number of aliphatic hydroxyl groups excluding tert-OH is 1. The molecule has 0 spiro atoms. The molecule has 1 N–H and O–H groups in total. The van der Waals surface area contributed by atoms with E-state index in [1.165, 1.54) is 0 Å². The Labute approximate surface area is 114 Å². The molecule has 0 aliphatic rings. The summed E-state index contributed by atoms with van der Waals surface area (Å²) >= 11 is 1.72. The van der Waals surface area contributed by atoms with Gasteiger partial charge in [-0.05, 0) is 18.6 Å². The summed E-state index contributed by atoms with van der Waals surface area (Å²) in [5.41, 5.74) is 0.966. The molecule has 0 amide bonds. The summed E-state index contributed by atoms with van der Waals surface area (Å²) < 4.78 is 0. The van der Waals surface area contributed by atoms with Gasteiger partial charge in [0.1, 0.15) is 0 Å². The molecular weight excluding hydrogens is 242 g/mol. The molecule has 1 atom stereocenters. The molecule has 1 aromatic carbocycles. The number of rotatable bonds is 8. The third kappa shape index (κ3) is 5.52. The molecule has 98 valence electrons. The average molecular weight is 263 g/mol. The maximum Gasteiger partial charge on any atom is 0.0761 e. The van der Waals surface area contributed by atoms with Gasteiger partial charge in [-0.3, -0.25) is 4.99 Å². The molecule has 1 unspecified atom stereocenters. The third-order valence-corrected chi connectivity index (χ3v) is 3.51. The SMILES string of the molecule is C=CCSc1ccccc1N=CCC(O)CCC. The molecule has 0 bridgehead atoms. The molecule has 3 heteroatoms. The maximum absolute atomic E-state index is 9.63. The first kappa shape index (κ1) is 15.0. The van der Waals surface area contributed by atoms with Crippen LogP contribution in [-0.4, -0.2) is 23.2 Å². The zero-order valence-electron chi connectivity index (χ0n) is 10.9. The molecule has 0 heterocycles. The zero-order chi connectivity index (χ0) is 13.2. The topological polar surface area (TPSA) is 32.6 Å². The lowest BCUT2D eigenvalue weighted by Crippen LogP contribution is -2.05. The highest BCUT2D eigenvalue weighted by Crippen LogP contribution is 2.29. The molecule has 2 nitrogen and oxygen atoms in total. The Morgan fingerprint density at radius 2 is 2.22 bits per heavy atom. The van der Waals surface area contributed by atoms with Gasteiger partial charge in [-0.2, -0.15) is 0 Å². The predicted octanol–water partition coefficient (Wildman–Crippen LogP) is 4.22. The fraction of sp³-hybridized carbons (Fsp3) is 0.400. The number of aliphatic hydroxyl groups is 1. The molecule has 0 saturated heterocycles. The van der Waals surface area contributed by atoms with E-state index in [0.29, 0.717) is 6.42 Å². The second kappa shape index (κ2) is 8.95. The number of aliphatic imine (C=N–C) groups is 1. The lowest BCUT2D eigenvalue weighted by Gasteiger charge is -2.05. The standard InChI is InChI=1S/C15H21NOS/c1-3-7-13(17)10-11-16-14-8-5-6-9-15(14)18-12-4-2/h4-6,8-9,11,13,17H,2-3,7,10,12H2,1H3. The number of thioether (sulfide) groups is 1. The molecular formula is C15H21NOS. The Morgan fingerprint density at radius 1 is 1.44 bits per heavy atom. The summed E-state index contributed by atoms with van der Waals surface area (Å²) in [7, 11) is 0. The van der Waals surface area contributed by atoms with Crippen LogP contribution in [0.5, 0.6) is 0 Å². The largest absolute Gasteiger partial charge is 0.393 e. The molecule has 0 aliphatic heterocycles. The monoisotopic (exact) mass is 263 g/mol. The lowest BCUT2D eigenvalue weighted by molar-refractivity contribution is 0.172. The normalized spacial score (nSPS) is 12.8. The quantitative estimate of drug-likeness (QED) is 0.433. The Balaban J connectivity index is 2.59.